The predicted octanol–water partition coefficient (Wildman–Crippen LogP) is 6.18. The van der Waals surface area contributed by atoms with Gasteiger partial charge in [-0.15, -0.1) is 11.6 Å². The third-order valence-corrected chi connectivity index (χ3v) is 8.89. The van der Waals surface area contributed by atoms with Gasteiger partial charge in [0.2, 0.25) is 10.0 Å². The summed E-state index contributed by atoms with van der Waals surface area (Å²) in [4.78, 5) is 12.5. The van der Waals surface area contributed by atoms with Gasteiger partial charge in [-0.25, -0.2) is 13.2 Å². The molecular weight excluding hydrogens is 470 g/mol. The average Bonchev–Trinajstić information content (AvgIpc) is 2.85. The van der Waals surface area contributed by atoms with Crippen molar-refractivity contribution in [3.8, 4) is 11.1 Å². The van der Waals surface area contributed by atoms with Crippen molar-refractivity contribution in [3.05, 3.63) is 59.2 Å². The number of halogens is 1. The number of alkyl halides is 1. The molecule has 0 amide bonds. The number of methoxy groups -OCH3 is 1. The first kappa shape index (κ1) is 26.7. The molecule has 186 valence electrons. The lowest BCUT2D eigenvalue weighted by Crippen LogP contribution is -2.34. The minimum atomic E-state index is -3.44. The molecule has 2 aromatic rings. The third-order valence-electron chi connectivity index (χ3n) is 6.72. The molecule has 0 saturated heterocycles. The first-order valence-electron chi connectivity index (χ1n) is 12.2. The fraction of sp³-hybridized carbons (Fsp3) is 0.519. The Morgan fingerprint density at radius 2 is 1.82 bits per heavy atom. The maximum atomic E-state index is 13.2. The number of sulfonamides is 1. The van der Waals surface area contributed by atoms with E-state index in [2.05, 4.69) is 0 Å². The van der Waals surface area contributed by atoms with E-state index >= 15 is 0 Å². The van der Waals surface area contributed by atoms with E-state index in [1.54, 1.807) is 10.4 Å². The van der Waals surface area contributed by atoms with Crippen LogP contribution in [0.2, 0.25) is 0 Å². The van der Waals surface area contributed by atoms with E-state index in [1.807, 2.05) is 43.3 Å². The standard InChI is InChI=1S/C27H36ClNO4S/c1-21-9-6-7-12-24(21)26-19-23(13-14-25(26)27(30)33-2)20-29(34(31,32)18-8-16-28)17-15-22-10-4-3-5-11-22/h6-7,9,12-14,19,22H,3-5,8,10-11,15-18,20H2,1-2H3. The van der Waals surface area contributed by atoms with Crippen molar-refractivity contribution in [2.75, 3.05) is 25.3 Å². The number of carbonyl (C=O) groups excluding carboxylic acids is 1. The molecule has 0 bridgehead atoms. The van der Waals surface area contributed by atoms with E-state index in [0.29, 0.717) is 30.3 Å². The van der Waals surface area contributed by atoms with E-state index in [9.17, 15) is 13.2 Å². The number of nitrogens with zero attached hydrogens (tertiary/aromatic N) is 1. The van der Waals surface area contributed by atoms with Gasteiger partial charge in [0.1, 0.15) is 0 Å². The molecule has 1 aliphatic rings. The van der Waals surface area contributed by atoms with Crippen molar-refractivity contribution in [2.45, 2.75) is 58.4 Å². The summed E-state index contributed by atoms with van der Waals surface area (Å²) in [5.41, 5.74) is 4.05. The van der Waals surface area contributed by atoms with Gasteiger partial charge < -0.3 is 4.74 Å². The smallest absolute Gasteiger partial charge is 0.338 e. The van der Waals surface area contributed by atoms with Crippen LogP contribution in [0.25, 0.3) is 11.1 Å². The number of carbonyl (C=O) groups is 1. The van der Waals surface area contributed by atoms with Crippen LogP contribution in [0.5, 0.6) is 0 Å². The van der Waals surface area contributed by atoms with E-state index in [0.717, 1.165) is 28.7 Å². The van der Waals surface area contributed by atoms with Crippen LogP contribution < -0.4 is 0 Å². The highest BCUT2D eigenvalue weighted by Gasteiger charge is 2.25. The van der Waals surface area contributed by atoms with Crippen LogP contribution in [0.3, 0.4) is 0 Å². The predicted molar refractivity (Wildman–Crippen MR) is 139 cm³/mol. The van der Waals surface area contributed by atoms with Crippen LogP contribution in [-0.4, -0.2) is 44.0 Å². The van der Waals surface area contributed by atoms with Crippen LogP contribution >= 0.6 is 11.6 Å². The lowest BCUT2D eigenvalue weighted by molar-refractivity contribution is 0.0601. The summed E-state index contributed by atoms with van der Waals surface area (Å²) >= 11 is 5.81. The summed E-state index contributed by atoms with van der Waals surface area (Å²) < 4.78 is 33.0. The molecule has 0 spiro atoms. The van der Waals surface area contributed by atoms with Crippen LogP contribution in [0.15, 0.2) is 42.5 Å². The fourth-order valence-electron chi connectivity index (χ4n) is 4.76. The number of hydrogen-bond donors (Lipinski definition) is 0. The molecule has 0 radical (unpaired) electrons. The highest BCUT2D eigenvalue weighted by molar-refractivity contribution is 7.89. The highest BCUT2D eigenvalue weighted by atomic mass is 35.5. The number of benzene rings is 2. The highest BCUT2D eigenvalue weighted by Crippen LogP contribution is 2.30. The van der Waals surface area contributed by atoms with Crippen LogP contribution in [-0.2, 0) is 21.3 Å². The van der Waals surface area contributed by atoms with Crippen molar-refractivity contribution in [1.82, 2.24) is 4.31 Å². The Bertz CT molecular complexity index is 1060. The van der Waals surface area contributed by atoms with Gasteiger partial charge in [-0.2, -0.15) is 4.31 Å². The molecule has 0 N–H and O–H groups in total. The van der Waals surface area contributed by atoms with Crippen LogP contribution in [0, 0.1) is 12.8 Å². The second-order valence-electron chi connectivity index (χ2n) is 9.17. The van der Waals surface area contributed by atoms with Gasteiger partial charge in [0, 0.05) is 19.0 Å². The lowest BCUT2D eigenvalue weighted by atomic mass is 9.87. The van der Waals surface area contributed by atoms with Gasteiger partial charge in [0.15, 0.2) is 0 Å². The zero-order valence-electron chi connectivity index (χ0n) is 20.3. The molecule has 5 nitrogen and oxygen atoms in total. The van der Waals surface area contributed by atoms with Gasteiger partial charge in [-0.05, 0) is 60.1 Å². The molecular formula is C27H36ClNO4S. The van der Waals surface area contributed by atoms with Gasteiger partial charge >= 0.3 is 5.97 Å². The summed E-state index contributed by atoms with van der Waals surface area (Å²) in [6.07, 6.45) is 7.42. The first-order valence-corrected chi connectivity index (χ1v) is 14.3. The Hall–Kier alpha value is -1.89. The summed E-state index contributed by atoms with van der Waals surface area (Å²) in [7, 11) is -2.07. The Balaban J connectivity index is 1.91. The minimum absolute atomic E-state index is 0.0477. The van der Waals surface area contributed by atoms with E-state index in [1.165, 1.54) is 39.2 Å². The quantitative estimate of drug-likeness (QED) is 0.270. The maximum absolute atomic E-state index is 13.2. The molecule has 7 heteroatoms. The maximum Gasteiger partial charge on any atom is 0.338 e. The van der Waals surface area contributed by atoms with Gasteiger partial charge in [-0.1, -0.05) is 62.4 Å². The van der Waals surface area contributed by atoms with Crippen molar-refractivity contribution >= 4 is 27.6 Å². The summed E-state index contributed by atoms with van der Waals surface area (Å²) in [6.45, 7) is 2.78. The van der Waals surface area contributed by atoms with Crippen molar-refractivity contribution < 1.29 is 17.9 Å². The molecule has 1 fully saturated rings. The average molecular weight is 506 g/mol. The second-order valence-corrected chi connectivity index (χ2v) is 11.6. The second kappa shape index (κ2) is 12.7. The normalized spacial score (nSPS) is 14.9. The van der Waals surface area contributed by atoms with Gasteiger partial charge in [0.05, 0.1) is 18.4 Å². The van der Waals surface area contributed by atoms with Crippen LogP contribution in [0.4, 0.5) is 0 Å². The molecule has 0 heterocycles. The Labute approximate surface area is 209 Å². The SMILES string of the molecule is COC(=O)c1ccc(CN(CCC2CCCCC2)S(=O)(=O)CCCCl)cc1-c1ccccc1C. The van der Waals surface area contributed by atoms with Crippen molar-refractivity contribution in [1.29, 1.82) is 0 Å². The molecule has 1 aliphatic carbocycles. The Kier molecular flexibility index (Phi) is 9.98. The molecule has 3 rings (SSSR count). The minimum Gasteiger partial charge on any atom is -0.465 e. The summed E-state index contributed by atoms with van der Waals surface area (Å²) in [5.74, 6) is 0.546. The van der Waals surface area contributed by atoms with Crippen LogP contribution in [0.1, 0.15) is 66.4 Å². The zero-order chi connectivity index (χ0) is 24.6. The largest absolute Gasteiger partial charge is 0.465 e. The molecule has 0 atom stereocenters. The molecule has 0 aliphatic heterocycles. The topological polar surface area (TPSA) is 63.7 Å². The number of rotatable bonds is 11. The Morgan fingerprint density at radius 3 is 2.50 bits per heavy atom. The molecule has 34 heavy (non-hydrogen) atoms. The van der Waals surface area contributed by atoms with Gasteiger partial charge in [-0.3, -0.25) is 0 Å². The van der Waals surface area contributed by atoms with E-state index in [4.69, 9.17) is 16.3 Å². The first-order chi connectivity index (χ1) is 16.4. The summed E-state index contributed by atoms with van der Waals surface area (Å²) in [6, 6.07) is 13.4. The zero-order valence-corrected chi connectivity index (χ0v) is 21.8. The number of aryl methyl sites for hydroxylation is 1. The monoisotopic (exact) mass is 505 g/mol. The molecule has 2 aromatic carbocycles. The van der Waals surface area contributed by atoms with E-state index in [-0.39, 0.29) is 12.3 Å². The van der Waals surface area contributed by atoms with E-state index < -0.39 is 16.0 Å². The Morgan fingerprint density at radius 1 is 1.09 bits per heavy atom. The number of ether oxygens (including phenoxy) is 1. The number of hydrogen-bond acceptors (Lipinski definition) is 4. The van der Waals surface area contributed by atoms with Crippen molar-refractivity contribution in [3.63, 3.8) is 0 Å². The van der Waals surface area contributed by atoms with Gasteiger partial charge in [0.25, 0.3) is 0 Å². The lowest BCUT2D eigenvalue weighted by Gasteiger charge is -2.27. The molecule has 0 unspecified atom stereocenters. The summed E-state index contributed by atoms with van der Waals surface area (Å²) in [5, 5.41) is 0. The third kappa shape index (κ3) is 7.06. The fourth-order valence-corrected chi connectivity index (χ4v) is 6.55. The molecule has 1 saturated carbocycles. The number of esters is 1. The van der Waals surface area contributed by atoms with Crippen molar-refractivity contribution in [2.24, 2.45) is 5.92 Å². The molecule has 0 aromatic heterocycles.